The molecule has 0 bridgehead atoms. The summed E-state index contributed by atoms with van der Waals surface area (Å²) < 4.78 is 0. The molecule has 1 fully saturated rings. The number of carbonyl (C=O) groups is 1. The van der Waals surface area contributed by atoms with Crippen molar-refractivity contribution in [3.8, 4) is 0 Å². The Kier molecular flexibility index (Phi) is 5.88. The Balaban J connectivity index is 2.31. The molecule has 1 heterocycles. The first-order chi connectivity index (χ1) is 7.63. The molecule has 1 amide bonds. The van der Waals surface area contributed by atoms with E-state index in [0.717, 1.165) is 18.0 Å². The van der Waals surface area contributed by atoms with Crippen LogP contribution in [-0.4, -0.2) is 22.4 Å². The second kappa shape index (κ2) is 6.94. The van der Waals surface area contributed by atoms with Crippen LogP contribution in [0.2, 0.25) is 0 Å². The first-order valence-corrected chi connectivity index (χ1v) is 7.06. The van der Waals surface area contributed by atoms with Crippen molar-refractivity contribution >= 4 is 22.8 Å². The molecule has 16 heavy (non-hydrogen) atoms. The molecule has 1 rings (SSSR count). The summed E-state index contributed by atoms with van der Waals surface area (Å²) in [6.45, 7) is 6.24. The fraction of sp³-hybridized carbons (Fsp3) is 0.833. The third-order valence-electron chi connectivity index (χ3n) is 2.47. The molecule has 0 aliphatic carbocycles. The highest BCUT2D eigenvalue weighted by Gasteiger charge is 2.29. The van der Waals surface area contributed by atoms with E-state index in [4.69, 9.17) is 0 Å². The molecule has 0 saturated carbocycles. The summed E-state index contributed by atoms with van der Waals surface area (Å²) in [5, 5.41) is 3.75. The van der Waals surface area contributed by atoms with Crippen LogP contribution in [0.15, 0.2) is 4.99 Å². The van der Waals surface area contributed by atoms with Crippen LogP contribution in [0.1, 0.15) is 52.9 Å². The molecule has 0 spiro atoms. The maximum Gasteiger partial charge on any atom is 0.239 e. The lowest BCUT2D eigenvalue weighted by atomic mass is 10.1. The van der Waals surface area contributed by atoms with Crippen LogP contribution >= 0.6 is 11.8 Å². The van der Waals surface area contributed by atoms with E-state index in [-0.39, 0.29) is 17.2 Å². The Morgan fingerprint density at radius 1 is 1.38 bits per heavy atom. The Hall–Kier alpha value is -0.510. The van der Waals surface area contributed by atoms with Gasteiger partial charge in [-0.15, -0.1) is 0 Å². The van der Waals surface area contributed by atoms with Crippen molar-refractivity contribution in [2.24, 2.45) is 4.99 Å². The number of unbranched alkanes of at least 4 members (excludes halogenated alkanes) is 3. The van der Waals surface area contributed by atoms with Gasteiger partial charge in [0.05, 0.1) is 5.25 Å². The van der Waals surface area contributed by atoms with E-state index in [9.17, 15) is 4.79 Å². The molecular weight excluding hydrogens is 220 g/mol. The summed E-state index contributed by atoms with van der Waals surface area (Å²) >= 11 is 1.59. The summed E-state index contributed by atoms with van der Waals surface area (Å²) in [4.78, 5) is 16.0. The lowest BCUT2D eigenvalue weighted by Crippen LogP contribution is -2.25. The fourth-order valence-electron chi connectivity index (χ4n) is 1.65. The maximum atomic E-state index is 11.6. The maximum absolute atomic E-state index is 11.6. The van der Waals surface area contributed by atoms with Crippen LogP contribution in [0.25, 0.3) is 0 Å². The molecule has 1 saturated heterocycles. The first-order valence-electron chi connectivity index (χ1n) is 6.18. The highest BCUT2D eigenvalue weighted by atomic mass is 32.2. The van der Waals surface area contributed by atoms with Crippen molar-refractivity contribution in [1.29, 1.82) is 0 Å². The number of aliphatic imine (C=N–C) groups is 1. The van der Waals surface area contributed by atoms with Gasteiger partial charge in [-0.05, 0) is 20.3 Å². The third-order valence-corrected chi connectivity index (χ3v) is 3.64. The van der Waals surface area contributed by atoms with Gasteiger partial charge in [0, 0.05) is 6.04 Å². The van der Waals surface area contributed by atoms with Gasteiger partial charge in [0.2, 0.25) is 5.91 Å². The van der Waals surface area contributed by atoms with Crippen LogP contribution in [0.4, 0.5) is 0 Å². The Bertz CT molecular complexity index is 264. The number of nitrogens with one attached hydrogen (secondary N) is 1. The fourth-order valence-corrected chi connectivity index (χ4v) is 2.80. The number of amides is 1. The van der Waals surface area contributed by atoms with Crippen LogP contribution < -0.4 is 5.32 Å². The van der Waals surface area contributed by atoms with Crippen LogP contribution in [0, 0.1) is 0 Å². The Morgan fingerprint density at radius 3 is 2.75 bits per heavy atom. The predicted molar refractivity (Wildman–Crippen MR) is 70.9 cm³/mol. The summed E-state index contributed by atoms with van der Waals surface area (Å²) in [7, 11) is 0. The van der Waals surface area contributed by atoms with E-state index in [1.807, 2.05) is 13.8 Å². The first kappa shape index (κ1) is 13.6. The minimum absolute atomic E-state index is 0.0920. The van der Waals surface area contributed by atoms with Crippen molar-refractivity contribution in [3.05, 3.63) is 0 Å². The van der Waals surface area contributed by atoms with Gasteiger partial charge in [-0.3, -0.25) is 9.79 Å². The minimum atomic E-state index is 0.0920. The van der Waals surface area contributed by atoms with Crippen molar-refractivity contribution in [2.75, 3.05) is 0 Å². The predicted octanol–water partition coefficient (Wildman–Crippen LogP) is 2.95. The zero-order valence-corrected chi connectivity index (χ0v) is 11.3. The highest BCUT2D eigenvalue weighted by Crippen LogP contribution is 2.24. The standard InChI is InChI=1S/C12H22N2OS/c1-4-5-6-7-8-10-11(15)14-12(16-10)13-9(2)3/h9-10H,4-8H2,1-3H3,(H,13,14,15). The Labute approximate surface area is 102 Å². The van der Waals surface area contributed by atoms with Crippen LogP contribution in [0.3, 0.4) is 0 Å². The normalized spacial score (nSPS) is 23.1. The van der Waals surface area contributed by atoms with Gasteiger partial charge in [0.1, 0.15) is 0 Å². The van der Waals surface area contributed by atoms with Gasteiger partial charge in [0.15, 0.2) is 5.17 Å². The van der Waals surface area contributed by atoms with Crippen molar-refractivity contribution in [3.63, 3.8) is 0 Å². The van der Waals surface area contributed by atoms with Gasteiger partial charge in [-0.25, -0.2) is 0 Å². The van der Waals surface area contributed by atoms with Gasteiger partial charge in [-0.2, -0.15) is 0 Å². The van der Waals surface area contributed by atoms with E-state index >= 15 is 0 Å². The number of rotatable bonds is 6. The van der Waals surface area contributed by atoms with E-state index in [0.29, 0.717) is 0 Å². The molecule has 0 aromatic heterocycles. The lowest BCUT2D eigenvalue weighted by molar-refractivity contribution is -0.118. The topological polar surface area (TPSA) is 41.5 Å². The van der Waals surface area contributed by atoms with Crippen LogP contribution in [-0.2, 0) is 4.79 Å². The average Bonchev–Trinajstić information content (AvgIpc) is 2.53. The van der Waals surface area contributed by atoms with Gasteiger partial charge in [-0.1, -0.05) is 44.4 Å². The van der Waals surface area contributed by atoms with E-state index < -0.39 is 0 Å². The highest BCUT2D eigenvalue weighted by molar-refractivity contribution is 8.15. The smallest absolute Gasteiger partial charge is 0.239 e. The van der Waals surface area contributed by atoms with Gasteiger partial charge in [0.25, 0.3) is 0 Å². The van der Waals surface area contributed by atoms with E-state index in [1.54, 1.807) is 11.8 Å². The van der Waals surface area contributed by atoms with Crippen molar-refractivity contribution < 1.29 is 4.79 Å². The monoisotopic (exact) mass is 242 g/mol. The molecule has 0 aromatic carbocycles. The molecule has 1 N–H and O–H groups in total. The largest absolute Gasteiger partial charge is 0.304 e. The summed E-state index contributed by atoms with van der Waals surface area (Å²) in [6.07, 6.45) is 5.87. The van der Waals surface area contributed by atoms with Gasteiger partial charge >= 0.3 is 0 Å². The number of carbonyl (C=O) groups excluding carboxylic acids is 1. The molecule has 1 unspecified atom stereocenters. The number of nitrogens with zero attached hydrogens (tertiary/aromatic N) is 1. The van der Waals surface area contributed by atoms with Crippen molar-refractivity contribution in [1.82, 2.24) is 5.32 Å². The average molecular weight is 242 g/mol. The number of hydrogen-bond acceptors (Lipinski definition) is 3. The SMILES string of the molecule is CCCCCCC1SC(=NC(C)C)NC1=O. The minimum Gasteiger partial charge on any atom is -0.304 e. The molecule has 0 aromatic rings. The lowest BCUT2D eigenvalue weighted by Gasteiger charge is -2.03. The molecule has 1 atom stereocenters. The zero-order valence-electron chi connectivity index (χ0n) is 10.5. The molecule has 92 valence electrons. The van der Waals surface area contributed by atoms with E-state index in [2.05, 4.69) is 17.2 Å². The number of thioether (sulfide) groups is 1. The van der Waals surface area contributed by atoms with Gasteiger partial charge < -0.3 is 5.32 Å². The molecule has 4 heteroatoms. The second-order valence-electron chi connectivity index (χ2n) is 4.47. The molecule has 1 aliphatic heterocycles. The number of amidine groups is 1. The Morgan fingerprint density at radius 2 is 2.12 bits per heavy atom. The molecule has 0 radical (unpaired) electrons. The van der Waals surface area contributed by atoms with E-state index in [1.165, 1.54) is 19.3 Å². The quantitative estimate of drug-likeness (QED) is 0.728. The molecule has 3 nitrogen and oxygen atoms in total. The molecular formula is C12H22N2OS. The summed E-state index contributed by atoms with van der Waals surface area (Å²) in [6, 6.07) is 0.252. The second-order valence-corrected chi connectivity index (χ2v) is 5.66. The van der Waals surface area contributed by atoms with Crippen molar-refractivity contribution in [2.45, 2.75) is 64.2 Å². The van der Waals surface area contributed by atoms with Crippen LogP contribution in [0.5, 0.6) is 0 Å². The summed E-state index contributed by atoms with van der Waals surface area (Å²) in [5.74, 6) is 0.140. The molecule has 1 aliphatic rings. The summed E-state index contributed by atoms with van der Waals surface area (Å²) in [5.41, 5.74) is 0. The third kappa shape index (κ3) is 4.56. The number of hydrogen-bond donors (Lipinski definition) is 1. The zero-order chi connectivity index (χ0) is 12.0.